The van der Waals surface area contributed by atoms with Crippen molar-refractivity contribution in [1.82, 2.24) is 15.2 Å². The van der Waals surface area contributed by atoms with Crippen LogP contribution in [0.4, 0.5) is 0 Å². The molecule has 2 fully saturated rings. The van der Waals surface area contributed by atoms with E-state index in [1.54, 1.807) is 7.11 Å². The molecule has 6 heteroatoms. The number of morpholine rings is 1. The summed E-state index contributed by atoms with van der Waals surface area (Å²) < 4.78 is 11.4. The van der Waals surface area contributed by atoms with Crippen LogP contribution in [0, 0.1) is 0 Å². The van der Waals surface area contributed by atoms with Crippen molar-refractivity contribution >= 4 is 5.91 Å². The molecule has 30 heavy (non-hydrogen) atoms. The molecule has 2 aliphatic rings. The van der Waals surface area contributed by atoms with Crippen LogP contribution in [0.15, 0.2) is 48.8 Å². The summed E-state index contributed by atoms with van der Waals surface area (Å²) in [5.41, 5.74) is 3.37. The fourth-order valence-corrected chi connectivity index (χ4v) is 4.81. The molecule has 1 aliphatic heterocycles. The van der Waals surface area contributed by atoms with Crippen LogP contribution in [-0.4, -0.2) is 60.8 Å². The number of hydrogen-bond donors (Lipinski definition) is 1. The SMILES string of the molecule is COCC(=O)N[C@@H]1CCCC[C@]12CN(Cc1cccc(-c3ccncc3)c1)CCO2. The lowest BCUT2D eigenvalue weighted by Crippen LogP contribution is -2.64. The van der Waals surface area contributed by atoms with E-state index in [2.05, 4.69) is 39.5 Å². The summed E-state index contributed by atoms with van der Waals surface area (Å²) >= 11 is 0. The Morgan fingerprint density at radius 3 is 2.97 bits per heavy atom. The summed E-state index contributed by atoms with van der Waals surface area (Å²) in [6.45, 7) is 3.41. The molecule has 1 aliphatic carbocycles. The monoisotopic (exact) mass is 409 g/mol. The van der Waals surface area contributed by atoms with E-state index in [0.717, 1.165) is 45.3 Å². The van der Waals surface area contributed by atoms with Gasteiger partial charge in [-0.05, 0) is 47.7 Å². The Labute approximate surface area is 178 Å². The Morgan fingerprint density at radius 2 is 2.13 bits per heavy atom. The lowest BCUT2D eigenvalue weighted by molar-refractivity contribution is -0.152. The number of ether oxygens (including phenoxy) is 2. The predicted octanol–water partition coefficient (Wildman–Crippen LogP) is 3.02. The first-order valence-electron chi connectivity index (χ1n) is 10.8. The van der Waals surface area contributed by atoms with Gasteiger partial charge in [0.1, 0.15) is 12.2 Å². The molecule has 0 bridgehead atoms. The van der Waals surface area contributed by atoms with Crippen LogP contribution in [0.5, 0.6) is 0 Å². The normalized spacial score (nSPS) is 24.6. The third kappa shape index (κ3) is 4.89. The molecule has 160 valence electrons. The summed E-state index contributed by atoms with van der Waals surface area (Å²) in [6, 6.07) is 12.8. The lowest BCUT2D eigenvalue weighted by Gasteiger charge is -2.49. The van der Waals surface area contributed by atoms with Gasteiger partial charge in [-0.2, -0.15) is 0 Å². The Hall–Kier alpha value is -2.28. The van der Waals surface area contributed by atoms with E-state index < -0.39 is 0 Å². The number of carbonyl (C=O) groups excluding carboxylic acids is 1. The smallest absolute Gasteiger partial charge is 0.246 e. The average Bonchev–Trinajstić information content (AvgIpc) is 2.77. The molecule has 1 aromatic carbocycles. The summed E-state index contributed by atoms with van der Waals surface area (Å²) in [7, 11) is 1.55. The minimum atomic E-state index is -0.303. The highest BCUT2D eigenvalue weighted by Crippen LogP contribution is 2.35. The van der Waals surface area contributed by atoms with Crippen LogP contribution in [0.2, 0.25) is 0 Å². The highest BCUT2D eigenvalue weighted by molar-refractivity contribution is 5.77. The van der Waals surface area contributed by atoms with Crippen LogP contribution in [0.3, 0.4) is 0 Å². The number of methoxy groups -OCH3 is 1. The van der Waals surface area contributed by atoms with Crippen molar-refractivity contribution in [2.45, 2.75) is 43.9 Å². The van der Waals surface area contributed by atoms with E-state index in [4.69, 9.17) is 9.47 Å². The van der Waals surface area contributed by atoms with Gasteiger partial charge in [0.2, 0.25) is 5.91 Å². The fourth-order valence-electron chi connectivity index (χ4n) is 4.81. The van der Waals surface area contributed by atoms with E-state index >= 15 is 0 Å². The highest BCUT2D eigenvalue weighted by atomic mass is 16.5. The van der Waals surface area contributed by atoms with Gasteiger partial charge in [0.25, 0.3) is 0 Å². The van der Waals surface area contributed by atoms with Gasteiger partial charge < -0.3 is 14.8 Å². The van der Waals surface area contributed by atoms with Crippen LogP contribution in [-0.2, 0) is 20.8 Å². The van der Waals surface area contributed by atoms with Crippen molar-refractivity contribution in [2.24, 2.45) is 0 Å². The largest absolute Gasteiger partial charge is 0.375 e. The molecule has 6 nitrogen and oxygen atoms in total. The van der Waals surface area contributed by atoms with Crippen molar-refractivity contribution in [3.63, 3.8) is 0 Å². The quantitative estimate of drug-likeness (QED) is 0.795. The van der Waals surface area contributed by atoms with Crippen molar-refractivity contribution in [3.8, 4) is 11.1 Å². The number of benzene rings is 1. The summed E-state index contributed by atoms with van der Waals surface area (Å²) in [5.74, 6) is -0.0606. The zero-order chi connectivity index (χ0) is 20.8. The maximum absolute atomic E-state index is 12.2. The number of rotatable bonds is 6. The third-order valence-corrected chi connectivity index (χ3v) is 6.22. The van der Waals surface area contributed by atoms with Gasteiger partial charge in [0, 0.05) is 39.1 Å². The second-order valence-corrected chi connectivity index (χ2v) is 8.36. The van der Waals surface area contributed by atoms with Crippen molar-refractivity contribution in [3.05, 3.63) is 54.4 Å². The van der Waals surface area contributed by atoms with E-state index in [9.17, 15) is 4.79 Å². The molecule has 1 saturated heterocycles. The van der Waals surface area contributed by atoms with Gasteiger partial charge >= 0.3 is 0 Å². The third-order valence-electron chi connectivity index (χ3n) is 6.22. The number of nitrogens with zero attached hydrogens (tertiary/aromatic N) is 2. The second-order valence-electron chi connectivity index (χ2n) is 8.36. The maximum atomic E-state index is 12.2. The molecule has 1 N–H and O–H groups in total. The topological polar surface area (TPSA) is 63.7 Å². The first-order chi connectivity index (χ1) is 14.7. The van der Waals surface area contributed by atoms with Gasteiger partial charge in [-0.3, -0.25) is 14.7 Å². The van der Waals surface area contributed by atoms with Crippen LogP contribution in [0.1, 0.15) is 31.2 Å². The summed E-state index contributed by atoms with van der Waals surface area (Å²) in [5, 5.41) is 3.17. The number of hydrogen-bond acceptors (Lipinski definition) is 5. The van der Waals surface area contributed by atoms with Crippen LogP contribution in [0.25, 0.3) is 11.1 Å². The zero-order valence-corrected chi connectivity index (χ0v) is 17.7. The molecule has 4 rings (SSSR count). The highest BCUT2D eigenvalue weighted by Gasteiger charge is 2.45. The zero-order valence-electron chi connectivity index (χ0n) is 17.7. The van der Waals surface area contributed by atoms with E-state index in [0.29, 0.717) is 6.61 Å². The van der Waals surface area contributed by atoms with Crippen LogP contribution >= 0.6 is 0 Å². The molecule has 2 atom stereocenters. The van der Waals surface area contributed by atoms with Crippen molar-refractivity contribution < 1.29 is 14.3 Å². The number of nitrogens with one attached hydrogen (secondary N) is 1. The first-order valence-corrected chi connectivity index (χ1v) is 10.8. The van der Waals surface area contributed by atoms with Gasteiger partial charge in [0.15, 0.2) is 0 Å². The van der Waals surface area contributed by atoms with Crippen LogP contribution < -0.4 is 5.32 Å². The molecule has 1 aromatic heterocycles. The Balaban J connectivity index is 1.46. The van der Waals surface area contributed by atoms with Crippen molar-refractivity contribution in [2.75, 3.05) is 33.4 Å². The minimum Gasteiger partial charge on any atom is -0.375 e. The second kappa shape index (κ2) is 9.69. The summed E-state index contributed by atoms with van der Waals surface area (Å²) in [6.07, 6.45) is 7.86. The van der Waals surface area contributed by atoms with Gasteiger partial charge in [0.05, 0.1) is 12.6 Å². The van der Waals surface area contributed by atoms with Gasteiger partial charge in [-0.25, -0.2) is 0 Å². The minimum absolute atomic E-state index is 0.0415. The standard InChI is InChI=1S/C24H31N3O3/c1-29-17-23(28)26-22-7-2-3-10-24(22)18-27(13-14-30-24)16-19-5-4-6-21(15-19)20-8-11-25-12-9-20/h4-6,8-9,11-12,15,22H,2-3,7,10,13-14,16-18H2,1H3,(H,26,28)/t22-,24+/m1/s1. The van der Waals surface area contributed by atoms with E-state index in [-0.39, 0.29) is 24.2 Å². The fraction of sp³-hybridized carbons (Fsp3) is 0.500. The lowest BCUT2D eigenvalue weighted by atomic mass is 9.78. The molecule has 2 aromatic rings. The van der Waals surface area contributed by atoms with Gasteiger partial charge in [-0.1, -0.05) is 31.0 Å². The summed E-state index contributed by atoms with van der Waals surface area (Å²) in [4.78, 5) is 18.8. The van der Waals surface area contributed by atoms with Gasteiger partial charge in [-0.15, -0.1) is 0 Å². The Morgan fingerprint density at radius 1 is 1.27 bits per heavy atom. The Kier molecular flexibility index (Phi) is 6.77. The number of aromatic nitrogens is 1. The van der Waals surface area contributed by atoms with Crippen molar-refractivity contribution in [1.29, 1.82) is 0 Å². The number of amides is 1. The number of carbonyl (C=O) groups is 1. The number of pyridine rings is 1. The molecular weight excluding hydrogens is 378 g/mol. The van der Waals surface area contributed by atoms with E-state index in [1.807, 2.05) is 24.5 Å². The predicted molar refractivity (Wildman–Crippen MR) is 116 cm³/mol. The molecular formula is C24H31N3O3. The first kappa shape index (κ1) is 21.0. The molecule has 0 unspecified atom stereocenters. The molecule has 1 spiro atoms. The molecule has 0 radical (unpaired) electrons. The molecule has 1 saturated carbocycles. The average molecular weight is 410 g/mol. The van der Waals surface area contributed by atoms with E-state index in [1.165, 1.54) is 16.7 Å². The Bertz CT molecular complexity index is 841. The molecule has 2 heterocycles. The maximum Gasteiger partial charge on any atom is 0.246 e. The molecule has 1 amide bonds.